The molecule has 1 rings (SSSR count). The summed E-state index contributed by atoms with van der Waals surface area (Å²) in [7, 11) is 0. The molecule has 0 heterocycles. The van der Waals surface area contributed by atoms with E-state index in [1.54, 1.807) is 0 Å². The number of hydrogen-bond donors (Lipinski definition) is 1. The third-order valence-electron chi connectivity index (χ3n) is 1.38. The number of carboxylic acid groups (broad SMARTS) is 2. The van der Waals surface area contributed by atoms with Gasteiger partial charge in [0.05, 0.1) is 11.5 Å². The molecule has 0 aliphatic carbocycles. The molecule has 0 saturated carbocycles. The van der Waals surface area contributed by atoms with E-state index in [4.69, 9.17) is 5.11 Å². The molecule has 0 saturated heterocycles. The van der Waals surface area contributed by atoms with Gasteiger partial charge < -0.3 is 20.5 Å². The van der Waals surface area contributed by atoms with Gasteiger partial charge in [0.25, 0.3) is 0 Å². The molecule has 2 N–H and O–H groups in total. The van der Waals surface area contributed by atoms with E-state index in [-0.39, 0.29) is 75.7 Å². The maximum atomic E-state index is 10.4. The molecule has 0 aliphatic heterocycles. The van der Waals surface area contributed by atoms with Crippen LogP contribution in [-0.4, -0.2) is 22.5 Å². The van der Waals surface area contributed by atoms with E-state index >= 15 is 0 Å². The standard InChI is InChI=1S/C8H6O4.2Na.H2O/c9-7(10)5-3-1-2-4-6(5)8(11)12;;;/h1-4H,(H,9,10)(H,11,12);;;1H2/q;2*+1;/p-2. The predicted octanol–water partition coefficient (Wildman–Crippen LogP) is -6.42. The predicted molar refractivity (Wildman–Crippen MR) is 39.7 cm³/mol. The van der Waals surface area contributed by atoms with Gasteiger partial charge in [-0.2, -0.15) is 0 Å². The molecule has 7 heteroatoms. The normalized spacial score (nSPS) is 7.47. The van der Waals surface area contributed by atoms with E-state index in [9.17, 15) is 14.7 Å². The quantitative estimate of drug-likeness (QED) is 0.506. The summed E-state index contributed by atoms with van der Waals surface area (Å²) in [5.74, 6) is -2.75. The zero-order valence-electron chi connectivity index (χ0n) is 8.43. The second-order valence-corrected chi connectivity index (χ2v) is 2.14. The Hall–Kier alpha value is 0.120. The maximum absolute atomic E-state index is 10.4. The molecule has 1 aromatic rings. The molecule has 1 aromatic carbocycles. The number of aromatic carboxylic acids is 2. The van der Waals surface area contributed by atoms with Crippen LogP contribution < -0.4 is 64.2 Å². The van der Waals surface area contributed by atoms with E-state index in [0.717, 1.165) is 0 Å². The van der Waals surface area contributed by atoms with E-state index in [1.165, 1.54) is 24.3 Å². The Balaban J connectivity index is -0.000000480. The SMILES string of the molecule is O=C([O-])c1ccccc1C(=O)O.[Na+].[Na+].[OH-]. The minimum absolute atomic E-state index is 0. The summed E-state index contributed by atoms with van der Waals surface area (Å²) in [4.78, 5) is 20.8. The van der Waals surface area contributed by atoms with Crippen LogP contribution in [0, 0.1) is 0 Å². The van der Waals surface area contributed by atoms with Gasteiger partial charge in [-0.25, -0.2) is 4.79 Å². The van der Waals surface area contributed by atoms with Crippen molar-refractivity contribution in [2.24, 2.45) is 0 Å². The summed E-state index contributed by atoms with van der Waals surface area (Å²) in [6.45, 7) is 0. The Morgan fingerprint density at radius 3 is 1.73 bits per heavy atom. The van der Waals surface area contributed by atoms with Crippen molar-refractivity contribution >= 4 is 11.9 Å². The van der Waals surface area contributed by atoms with Crippen molar-refractivity contribution in [3.63, 3.8) is 0 Å². The Morgan fingerprint density at radius 1 is 1.07 bits per heavy atom. The number of carbonyl (C=O) groups is 2. The molecule has 70 valence electrons. The van der Waals surface area contributed by atoms with Gasteiger partial charge in [0.1, 0.15) is 0 Å². The molecule has 0 radical (unpaired) electrons. The number of carboxylic acids is 2. The fourth-order valence-electron chi connectivity index (χ4n) is 0.848. The topological polar surface area (TPSA) is 107 Å². The average molecular weight is 228 g/mol. The fourth-order valence-corrected chi connectivity index (χ4v) is 0.848. The molecular weight excluding hydrogens is 222 g/mol. The number of benzene rings is 1. The number of carbonyl (C=O) groups excluding carboxylic acids is 1. The van der Waals surface area contributed by atoms with Crippen molar-refractivity contribution in [1.29, 1.82) is 0 Å². The van der Waals surface area contributed by atoms with Crippen LogP contribution in [0.2, 0.25) is 0 Å². The van der Waals surface area contributed by atoms with Gasteiger partial charge in [0.2, 0.25) is 0 Å². The zero-order valence-corrected chi connectivity index (χ0v) is 12.4. The largest absolute Gasteiger partial charge is 1.00 e. The third-order valence-corrected chi connectivity index (χ3v) is 1.38. The minimum atomic E-state index is -1.48. The van der Waals surface area contributed by atoms with Gasteiger partial charge in [-0.1, -0.05) is 18.2 Å². The Morgan fingerprint density at radius 2 is 1.47 bits per heavy atom. The van der Waals surface area contributed by atoms with Gasteiger partial charge >= 0.3 is 65.1 Å². The van der Waals surface area contributed by atoms with Gasteiger partial charge in [-0.3, -0.25) is 0 Å². The monoisotopic (exact) mass is 228 g/mol. The Bertz CT molecular complexity index is 307. The maximum Gasteiger partial charge on any atom is 1.00 e. The molecule has 0 atom stereocenters. The second-order valence-electron chi connectivity index (χ2n) is 2.14. The van der Waals surface area contributed by atoms with Crippen LogP contribution in [0.3, 0.4) is 0 Å². The van der Waals surface area contributed by atoms with Crippen LogP contribution in [0.15, 0.2) is 24.3 Å². The first kappa shape index (κ1) is 20.5. The van der Waals surface area contributed by atoms with Gasteiger partial charge in [-0.15, -0.1) is 0 Å². The second kappa shape index (κ2) is 9.35. The van der Waals surface area contributed by atoms with Crippen molar-refractivity contribution < 1.29 is 84.4 Å². The third kappa shape index (κ3) is 5.67. The number of hydrogen-bond acceptors (Lipinski definition) is 4. The first-order valence-corrected chi connectivity index (χ1v) is 3.16. The summed E-state index contributed by atoms with van der Waals surface area (Å²) >= 11 is 0. The van der Waals surface area contributed by atoms with Crippen LogP contribution in [0.5, 0.6) is 0 Å². The van der Waals surface area contributed by atoms with Crippen LogP contribution in [-0.2, 0) is 0 Å². The van der Waals surface area contributed by atoms with Crippen LogP contribution in [0.1, 0.15) is 20.7 Å². The van der Waals surface area contributed by atoms with Crippen LogP contribution in [0.4, 0.5) is 0 Å². The number of rotatable bonds is 2. The first-order valence-electron chi connectivity index (χ1n) is 3.16. The summed E-state index contributed by atoms with van der Waals surface area (Å²) in [6.07, 6.45) is 0. The summed E-state index contributed by atoms with van der Waals surface area (Å²) in [5, 5.41) is 18.9. The summed E-state index contributed by atoms with van der Waals surface area (Å²) in [6, 6.07) is 5.31. The Kier molecular flexibility index (Phi) is 12.8. The molecule has 0 fully saturated rings. The molecule has 15 heavy (non-hydrogen) atoms. The van der Waals surface area contributed by atoms with Crippen LogP contribution >= 0.6 is 0 Å². The average Bonchev–Trinajstić information content (AvgIpc) is 2.04. The molecule has 5 nitrogen and oxygen atoms in total. The Labute approximate surface area is 130 Å². The molecule has 0 aliphatic rings. The van der Waals surface area contributed by atoms with Gasteiger partial charge in [0.15, 0.2) is 0 Å². The van der Waals surface area contributed by atoms with E-state index in [1.807, 2.05) is 0 Å². The van der Waals surface area contributed by atoms with Crippen molar-refractivity contribution in [2.45, 2.75) is 0 Å². The van der Waals surface area contributed by atoms with Gasteiger partial charge in [-0.05, 0) is 6.07 Å². The molecule has 0 spiro atoms. The molecular formula is C8H6Na2O5. The van der Waals surface area contributed by atoms with Gasteiger partial charge in [0, 0.05) is 5.56 Å². The van der Waals surface area contributed by atoms with E-state index < -0.39 is 11.9 Å². The molecule has 0 amide bonds. The first-order chi connectivity index (χ1) is 5.63. The molecule has 0 bridgehead atoms. The summed E-state index contributed by atoms with van der Waals surface area (Å²) in [5.41, 5.74) is -0.553. The van der Waals surface area contributed by atoms with Crippen LogP contribution in [0.25, 0.3) is 0 Å². The van der Waals surface area contributed by atoms with Crippen molar-refractivity contribution in [2.75, 3.05) is 0 Å². The zero-order chi connectivity index (χ0) is 9.14. The summed E-state index contributed by atoms with van der Waals surface area (Å²) < 4.78 is 0. The van der Waals surface area contributed by atoms with Crippen molar-refractivity contribution in [3.05, 3.63) is 35.4 Å². The smallest absolute Gasteiger partial charge is 0.870 e. The fraction of sp³-hybridized carbons (Fsp3) is 0. The molecule has 0 unspecified atom stereocenters. The van der Waals surface area contributed by atoms with E-state index in [2.05, 4.69) is 0 Å². The minimum Gasteiger partial charge on any atom is -0.870 e. The van der Waals surface area contributed by atoms with Crippen molar-refractivity contribution in [3.8, 4) is 0 Å². The van der Waals surface area contributed by atoms with E-state index in [0.29, 0.717) is 0 Å². The molecule has 0 aromatic heterocycles. The van der Waals surface area contributed by atoms with Crippen molar-refractivity contribution in [1.82, 2.24) is 0 Å².